The Hall–Kier alpha value is -1.42. The van der Waals surface area contributed by atoms with Gasteiger partial charge in [0.05, 0.1) is 5.02 Å². The van der Waals surface area contributed by atoms with Gasteiger partial charge in [0.15, 0.2) is 0 Å². The van der Waals surface area contributed by atoms with Gasteiger partial charge in [-0.05, 0) is 42.8 Å². The topological polar surface area (TPSA) is 44.5 Å². The maximum absolute atomic E-state index is 6.19. The number of ether oxygens (including phenoxy) is 2. The lowest BCUT2D eigenvalue weighted by molar-refractivity contribution is 0.325. The molecule has 0 fully saturated rings. The summed E-state index contributed by atoms with van der Waals surface area (Å²) in [4.78, 5) is 0. The minimum atomic E-state index is 0.429. The first kappa shape index (κ1) is 15.0. The van der Waals surface area contributed by atoms with Gasteiger partial charge in [-0.2, -0.15) is 0 Å². The highest BCUT2D eigenvalue weighted by molar-refractivity contribution is 6.32. The zero-order chi connectivity index (χ0) is 14.5. The number of aryl methyl sites for hydroxylation is 1. The van der Waals surface area contributed by atoms with Gasteiger partial charge in [0.2, 0.25) is 0 Å². The van der Waals surface area contributed by atoms with Gasteiger partial charge in [-0.15, -0.1) is 0 Å². The van der Waals surface area contributed by atoms with E-state index in [4.69, 9.17) is 38.4 Å². The van der Waals surface area contributed by atoms with E-state index in [1.807, 2.05) is 13.0 Å². The molecule has 0 aliphatic rings. The van der Waals surface area contributed by atoms with Crippen molar-refractivity contribution in [1.82, 2.24) is 0 Å². The van der Waals surface area contributed by atoms with Crippen molar-refractivity contribution in [3.63, 3.8) is 0 Å². The minimum absolute atomic E-state index is 0.429. The summed E-state index contributed by atoms with van der Waals surface area (Å²) in [6.45, 7) is 2.78. The van der Waals surface area contributed by atoms with E-state index in [-0.39, 0.29) is 0 Å². The van der Waals surface area contributed by atoms with Crippen molar-refractivity contribution in [2.45, 2.75) is 6.92 Å². The molecule has 0 aliphatic heterocycles. The molecule has 0 aromatic heterocycles. The highest BCUT2D eigenvalue weighted by Crippen LogP contribution is 2.35. The average Bonchev–Trinajstić information content (AvgIpc) is 2.41. The summed E-state index contributed by atoms with van der Waals surface area (Å²) in [6.07, 6.45) is 0. The van der Waals surface area contributed by atoms with E-state index >= 15 is 0 Å². The van der Waals surface area contributed by atoms with Crippen molar-refractivity contribution in [2.24, 2.45) is 5.73 Å². The van der Waals surface area contributed by atoms with E-state index in [9.17, 15) is 0 Å². The van der Waals surface area contributed by atoms with E-state index in [1.54, 1.807) is 30.3 Å². The number of hydrogen-bond acceptors (Lipinski definition) is 3. The molecule has 2 N–H and O–H groups in total. The first-order chi connectivity index (χ1) is 9.60. The van der Waals surface area contributed by atoms with Crippen LogP contribution in [0.3, 0.4) is 0 Å². The van der Waals surface area contributed by atoms with Crippen molar-refractivity contribution in [2.75, 3.05) is 13.2 Å². The van der Waals surface area contributed by atoms with E-state index in [1.165, 1.54) is 0 Å². The Balaban J connectivity index is 2.19. The molecule has 20 heavy (non-hydrogen) atoms. The molecule has 0 saturated carbocycles. The lowest BCUT2D eigenvalue weighted by Crippen LogP contribution is -2.11. The van der Waals surface area contributed by atoms with Crippen LogP contribution in [0.4, 0.5) is 0 Å². The highest BCUT2D eigenvalue weighted by Gasteiger charge is 2.09. The molecule has 0 radical (unpaired) electrons. The van der Waals surface area contributed by atoms with Crippen LogP contribution in [-0.2, 0) is 0 Å². The van der Waals surface area contributed by atoms with Gasteiger partial charge < -0.3 is 15.2 Å². The monoisotopic (exact) mass is 311 g/mol. The maximum atomic E-state index is 6.19. The van der Waals surface area contributed by atoms with E-state index in [2.05, 4.69) is 0 Å². The van der Waals surface area contributed by atoms with Gasteiger partial charge in [0.1, 0.15) is 23.9 Å². The van der Waals surface area contributed by atoms with Crippen molar-refractivity contribution in [3.05, 3.63) is 52.0 Å². The summed E-state index contributed by atoms with van der Waals surface area (Å²) in [5, 5.41) is 1.17. The lowest BCUT2D eigenvalue weighted by Gasteiger charge is -2.13. The molecule has 2 aromatic rings. The summed E-state index contributed by atoms with van der Waals surface area (Å²) >= 11 is 12.0. The Morgan fingerprint density at radius 3 is 2.35 bits per heavy atom. The fourth-order valence-corrected chi connectivity index (χ4v) is 2.18. The van der Waals surface area contributed by atoms with Gasteiger partial charge in [-0.3, -0.25) is 0 Å². The van der Waals surface area contributed by atoms with E-state index in [0.29, 0.717) is 40.4 Å². The van der Waals surface area contributed by atoms with Crippen molar-refractivity contribution in [1.29, 1.82) is 0 Å². The fourth-order valence-electron chi connectivity index (χ4n) is 1.74. The minimum Gasteiger partial charge on any atom is -0.490 e. The number of halogens is 2. The third-order valence-corrected chi connectivity index (χ3v) is 3.15. The molecule has 0 unspecified atom stereocenters. The summed E-state index contributed by atoms with van der Waals surface area (Å²) in [5.74, 6) is 1.98. The van der Waals surface area contributed by atoms with Crippen LogP contribution < -0.4 is 15.2 Å². The molecule has 2 rings (SSSR count). The van der Waals surface area contributed by atoms with E-state index in [0.717, 1.165) is 5.56 Å². The first-order valence-electron chi connectivity index (χ1n) is 6.16. The Labute approximate surface area is 128 Å². The van der Waals surface area contributed by atoms with Crippen LogP contribution in [-0.4, -0.2) is 13.2 Å². The Kier molecular flexibility index (Phi) is 5.12. The maximum Gasteiger partial charge on any atom is 0.141 e. The van der Waals surface area contributed by atoms with Crippen LogP contribution in [0.25, 0.3) is 0 Å². The molecule has 0 bridgehead atoms. The van der Waals surface area contributed by atoms with Gasteiger partial charge in [-0.25, -0.2) is 0 Å². The molecule has 0 aliphatic carbocycles. The predicted molar refractivity (Wildman–Crippen MR) is 82.3 cm³/mol. The van der Waals surface area contributed by atoms with Crippen LogP contribution in [0.15, 0.2) is 36.4 Å². The fraction of sp³-hybridized carbons (Fsp3) is 0.200. The number of rotatable bonds is 5. The molecular formula is C15H15Cl2NO2. The zero-order valence-electron chi connectivity index (χ0n) is 11.0. The second-order valence-electron chi connectivity index (χ2n) is 4.24. The van der Waals surface area contributed by atoms with Gasteiger partial charge in [0.25, 0.3) is 0 Å². The standard InChI is InChI=1S/C15H15Cl2NO2/c1-10-8-13(9-14(17)15(10)19-7-6-18)20-12-4-2-11(16)3-5-12/h2-5,8-9H,6-7,18H2,1H3. The second kappa shape index (κ2) is 6.84. The summed E-state index contributed by atoms with van der Waals surface area (Å²) in [6, 6.07) is 10.7. The average molecular weight is 312 g/mol. The van der Waals surface area contributed by atoms with Crippen molar-refractivity contribution in [3.8, 4) is 17.2 Å². The molecule has 0 spiro atoms. The predicted octanol–water partition coefficient (Wildman–Crippen LogP) is 4.43. The molecule has 5 heteroatoms. The van der Waals surface area contributed by atoms with Crippen LogP contribution >= 0.6 is 23.2 Å². The van der Waals surface area contributed by atoms with Gasteiger partial charge >= 0.3 is 0 Å². The normalized spacial score (nSPS) is 10.4. The van der Waals surface area contributed by atoms with Gasteiger partial charge in [0, 0.05) is 17.6 Å². The molecule has 0 saturated heterocycles. The highest BCUT2D eigenvalue weighted by atomic mass is 35.5. The first-order valence-corrected chi connectivity index (χ1v) is 6.92. The van der Waals surface area contributed by atoms with Gasteiger partial charge in [-0.1, -0.05) is 23.2 Å². The van der Waals surface area contributed by atoms with Crippen molar-refractivity contribution >= 4 is 23.2 Å². The molecule has 2 aromatic carbocycles. The van der Waals surface area contributed by atoms with Crippen molar-refractivity contribution < 1.29 is 9.47 Å². The second-order valence-corrected chi connectivity index (χ2v) is 5.09. The summed E-state index contributed by atoms with van der Waals surface area (Å²) in [5.41, 5.74) is 6.32. The lowest BCUT2D eigenvalue weighted by atomic mass is 10.2. The Morgan fingerprint density at radius 1 is 1.05 bits per heavy atom. The third kappa shape index (κ3) is 3.79. The third-order valence-electron chi connectivity index (χ3n) is 2.62. The largest absolute Gasteiger partial charge is 0.490 e. The SMILES string of the molecule is Cc1cc(Oc2ccc(Cl)cc2)cc(Cl)c1OCCN. The Bertz CT molecular complexity index is 562. The van der Waals surface area contributed by atoms with E-state index < -0.39 is 0 Å². The zero-order valence-corrected chi connectivity index (χ0v) is 12.5. The Morgan fingerprint density at radius 2 is 1.75 bits per heavy atom. The molecule has 0 amide bonds. The molecule has 106 valence electrons. The number of benzene rings is 2. The number of hydrogen-bond donors (Lipinski definition) is 1. The van der Waals surface area contributed by atoms with Crippen LogP contribution in [0.5, 0.6) is 17.2 Å². The quantitative estimate of drug-likeness (QED) is 0.888. The molecular weight excluding hydrogens is 297 g/mol. The van der Waals surface area contributed by atoms with Crippen LogP contribution in [0.1, 0.15) is 5.56 Å². The molecule has 0 heterocycles. The molecule has 3 nitrogen and oxygen atoms in total. The molecule has 0 atom stereocenters. The summed E-state index contributed by atoms with van der Waals surface area (Å²) < 4.78 is 11.2. The van der Waals surface area contributed by atoms with Crippen LogP contribution in [0.2, 0.25) is 10.0 Å². The number of nitrogens with two attached hydrogens (primary N) is 1. The smallest absolute Gasteiger partial charge is 0.141 e. The van der Waals surface area contributed by atoms with Crippen LogP contribution in [0, 0.1) is 6.92 Å². The summed E-state index contributed by atoms with van der Waals surface area (Å²) in [7, 11) is 0.